The van der Waals surface area contributed by atoms with Crippen LogP contribution in [-0.2, 0) is 0 Å². The zero-order valence-electron chi connectivity index (χ0n) is 8.07. The van der Waals surface area contributed by atoms with Crippen LogP contribution in [0.1, 0.15) is 5.56 Å². The number of H-pyrrole nitrogens is 1. The van der Waals surface area contributed by atoms with Crippen molar-refractivity contribution in [1.29, 1.82) is 5.26 Å². The minimum absolute atomic E-state index is 0.0251. The van der Waals surface area contributed by atoms with Crippen molar-refractivity contribution in [3.05, 3.63) is 51.5 Å². The van der Waals surface area contributed by atoms with Crippen molar-refractivity contribution in [3.8, 4) is 17.3 Å². The van der Waals surface area contributed by atoms with Gasteiger partial charge in [0.05, 0.1) is 5.69 Å². The monoisotopic (exact) mass is 231 g/mol. The van der Waals surface area contributed by atoms with Crippen molar-refractivity contribution < 1.29 is 0 Å². The highest BCUT2D eigenvalue weighted by Crippen LogP contribution is 2.19. The van der Waals surface area contributed by atoms with Gasteiger partial charge in [0.25, 0.3) is 5.56 Å². The summed E-state index contributed by atoms with van der Waals surface area (Å²) < 4.78 is 0. The van der Waals surface area contributed by atoms with Crippen molar-refractivity contribution in [2.75, 3.05) is 0 Å². The highest BCUT2D eigenvalue weighted by atomic mass is 35.5. The molecule has 1 aromatic heterocycles. The lowest BCUT2D eigenvalue weighted by molar-refractivity contribution is 1.11. The summed E-state index contributed by atoms with van der Waals surface area (Å²) in [5.74, 6) is 0. The van der Waals surface area contributed by atoms with Crippen molar-refractivity contribution in [2.45, 2.75) is 0 Å². The lowest BCUT2D eigenvalue weighted by atomic mass is 10.1. The highest BCUT2D eigenvalue weighted by molar-refractivity contribution is 6.28. The normalized spacial score (nSPS) is 9.75. The molecule has 0 bridgehead atoms. The van der Waals surface area contributed by atoms with E-state index in [1.54, 1.807) is 12.1 Å². The third kappa shape index (κ3) is 1.81. The number of hydrogen-bond acceptors (Lipinski definition) is 3. The average molecular weight is 232 g/mol. The Bertz CT molecular complexity index is 613. The van der Waals surface area contributed by atoms with E-state index in [0.717, 1.165) is 5.56 Å². The zero-order chi connectivity index (χ0) is 11.5. The Balaban J connectivity index is 2.75. The molecular weight excluding hydrogens is 226 g/mol. The number of rotatable bonds is 1. The van der Waals surface area contributed by atoms with E-state index in [1.165, 1.54) is 0 Å². The molecule has 5 heteroatoms. The van der Waals surface area contributed by atoms with E-state index in [9.17, 15) is 4.79 Å². The maximum Gasteiger partial charge on any atom is 0.292 e. The van der Waals surface area contributed by atoms with Gasteiger partial charge in [0.15, 0.2) is 0 Å². The minimum atomic E-state index is -0.620. The number of aromatic nitrogens is 2. The van der Waals surface area contributed by atoms with E-state index < -0.39 is 5.56 Å². The van der Waals surface area contributed by atoms with Crippen LogP contribution in [0.3, 0.4) is 0 Å². The number of benzene rings is 1. The second-order valence-corrected chi connectivity index (χ2v) is 3.42. The molecular formula is C11H6ClN3O. The number of halogens is 1. The summed E-state index contributed by atoms with van der Waals surface area (Å²) in [6.07, 6.45) is 0. The van der Waals surface area contributed by atoms with Crippen LogP contribution in [0.15, 0.2) is 35.1 Å². The first-order valence-corrected chi connectivity index (χ1v) is 4.85. The van der Waals surface area contributed by atoms with Gasteiger partial charge < -0.3 is 4.98 Å². The maximum absolute atomic E-state index is 11.4. The molecule has 0 aliphatic rings. The van der Waals surface area contributed by atoms with Gasteiger partial charge in [-0.15, -0.1) is 0 Å². The van der Waals surface area contributed by atoms with Crippen LogP contribution in [0.4, 0.5) is 0 Å². The summed E-state index contributed by atoms with van der Waals surface area (Å²) in [5.41, 5.74) is 0.467. The molecule has 0 aliphatic heterocycles. The van der Waals surface area contributed by atoms with Gasteiger partial charge in [-0.2, -0.15) is 10.2 Å². The van der Waals surface area contributed by atoms with Gasteiger partial charge in [0.2, 0.25) is 5.28 Å². The van der Waals surface area contributed by atoms with Gasteiger partial charge >= 0.3 is 0 Å². The van der Waals surface area contributed by atoms with E-state index in [-0.39, 0.29) is 10.8 Å². The van der Waals surface area contributed by atoms with Gasteiger partial charge in [-0.05, 0) is 17.2 Å². The molecule has 78 valence electrons. The van der Waals surface area contributed by atoms with Gasteiger partial charge in [-0.1, -0.05) is 30.3 Å². The average Bonchev–Trinajstić information content (AvgIpc) is 2.29. The van der Waals surface area contributed by atoms with Crippen molar-refractivity contribution in [2.24, 2.45) is 0 Å². The molecule has 0 saturated heterocycles. The quantitative estimate of drug-likeness (QED) is 0.763. The predicted octanol–water partition coefficient (Wildman–Crippen LogP) is 1.96. The van der Waals surface area contributed by atoms with E-state index >= 15 is 0 Å². The molecule has 0 aliphatic carbocycles. The highest BCUT2D eigenvalue weighted by Gasteiger charge is 2.11. The van der Waals surface area contributed by atoms with Crippen LogP contribution in [0.2, 0.25) is 5.28 Å². The van der Waals surface area contributed by atoms with Gasteiger partial charge in [-0.25, -0.2) is 0 Å². The topological polar surface area (TPSA) is 69.5 Å². The molecule has 0 fully saturated rings. The second kappa shape index (κ2) is 4.17. The molecule has 0 radical (unpaired) electrons. The van der Waals surface area contributed by atoms with Crippen LogP contribution in [0.25, 0.3) is 11.3 Å². The van der Waals surface area contributed by atoms with E-state index in [0.29, 0.717) is 5.69 Å². The Morgan fingerprint density at radius 2 is 2.00 bits per heavy atom. The molecule has 0 spiro atoms. The Labute approximate surface area is 96.2 Å². The molecule has 1 heterocycles. The first-order chi connectivity index (χ1) is 7.72. The molecule has 4 nitrogen and oxygen atoms in total. The van der Waals surface area contributed by atoms with Gasteiger partial charge in [-0.3, -0.25) is 4.79 Å². The molecule has 0 amide bonds. The Morgan fingerprint density at radius 3 is 2.62 bits per heavy atom. The van der Waals surface area contributed by atoms with Gasteiger partial charge in [0, 0.05) is 0 Å². The Hall–Kier alpha value is -2.12. The molecule has 0 saturated carbocycles. The summed E-state index contributed by atoms with van der Waals surface area (Å²) in [5, 5.41) is 8.87. The fraction of sp³-hybridized carbons (Fsp3) is 0. The van der Waals surface area contributed by atoms with Crippen LogP contribution in [0, 0.1) is 11.3 Å². The molecule has 1 aromatic carbocycles. The molecule has 1 N–H and O–H groups in total. The third-order valence-corrected chi connectivity index (χ3v) is 2.24. The lowest BCUT2D eigenvalue weighted by Crippen LogP contribution is -2.13. The summed E-state index contributed by atoms with van der Waals surface area (Å²) in [6.45, 7) is 0. The van der Waals surface area contributed by atoms with Crippen LogP contribution in [0.5, 0.6) is 0 Å². The molecule has 0 atom stereocenters. The number of nitriles is 1. The Morgan fingerprint density at radius 1 is 1.31 bits per heavy atom. The fourth-order valence-corrected chi connectivity index (χ4v) is 1.54. The van der Waals surface area contributed by atoms with Crippen molar-refractivity contribution >= 4 is 11.6 Å². The summed E-state index contributed by atoms with van der Waals surface area (Å²) in [6, 6.07) is 10.8. The predicted molar refractivity (Wildman–Crippen MR) is 60.0 cm³/mol. The largest absolute Gasteiger partial charge is 0.329 e. The number of hydrogen-bond donors (Lipinski definition) is 1. The van der Waals surface area contributed by atoms with Gasteiger partial charge in [0.1, 0.15) is 11.6 Å². The standard InChI is InChI=1S/C11H6ClN3O/c12-11-14-9(7-4-2-1-3-5-7)8(6-13)10(16)15-11/h1-5H,(H,14,15,16). The molecule has 2 aromatic rings. The van der Waals surface area contributed by atoms with Crippen molar-refractivity contribution in [1.82, 2.24) is 9.97 Å². The smallest absolute Gasteiger partial charge is 0.292 e. The summed E-state index contributed by atoms with van der Waals surface area (Å²) in [4.78, 5) is 17.6. The second-order valence-electron chi connectivity index (χ2n) is 3.06. The van der Waals surface area contributed by atoms with E-state index in [1.807, 2.05) is 24.3 Å². The van der Waals surface area contributed by atoms with E-state index in [2.05, 4.69) is 9.97 Å². The number of nitrogens with one attached hydrogen (secondary N) is 1. The van der Waals surface area contributed by atoms with Crippen LogP contribution >= 0.6 is 11.6 Å². The maximum atomic E-state index is 11.4. The summed E-state index contributed by atoms with van der Waals surface area (Å²) >= 11 is 5.65. The van der Waals surface area contributed by atoms with Crippen molar-refractivity contribution in [3.63, 3.8) is 0 Å². The summed E-state index contributed by atoms with van der Waals surface area (Å²) in [7, 11) is 0. The zero-order valence-corrected chi connectivity index (χ0v) is 8.82. The number of aromatic amines is 1. The molecule has 2 rings (SSSR count). The Kier molecular flexibility index (Phi) is 2.71. The van der Waals surface area contributed by atoms with E-state index in [4.69, 9.17) is 16.9 Å². The third-order valence-electron chi connectivity index (χ3n) is 2.07. The minimum Gasteiger partial charge on any atom is -0.329 e. The SMILES string of the molecule is N#Cc1c(-c2ccccc2)[nH]c(Cl)nc1=O. The molecule has 16 heavy (non-hydrogen) atoms. The first kappa shape index (κ1) is 10.4. The lowest BCUT2D eigenvalue weighted by Gasteiger charge is -2.03. The molecule has 0 unspecified atom stereocenters. The fourth-order valence-electron chi connectivity index (χ4n) is 1.37. The number of nitrogens with zero attached hydrogens (tertiary/aromatic N) is 2. The van der Waals surface area contributed by atoms with Crippen LogP contribution in [-0.4, -0.2) is 9.97 Å². The first-order valence-electron chi connectivity index (χ1n) is 4.47. The van der Waals surface area contributed by atoms with Crippen LogP contribution < -0.4 is 5.56 Å².